The fourth-order valence-corrected chi connectivity index (χ4v) is 3.77. The number of piperidine rings is 2. The first-order chi connectivity index (χ1) is 10.0. The topological polar surface area (TPSA) is 77.9 Å². The van der Waals surface area contributed by atoms with E-state index in [2.05, 4.69) is 0 Å². The molecular weight excluding hydrogens is 272 g/mol. The summed E-state index contributed by atoms with van der Waals surface area (Å²) in [4.78, 5) is 40.1. The van der Waals surface area contributed by atoms with Gasteiger partial charge in [0.25, 0.3) is 5.91 Å². The molecule has 3 saturated heterocycles. The van der Waals surface area contributed by atoms with E-state index in [4.69, 9.17) is 0 Å². The number of Topliss-reactive ketones (excluding diaryl/α,β-unsaturated/α-hetero) is 1. The Morgan fingerprint density at radius 3 is 2.62 bits per heavy atom. The van der Waals surface area contributed by atoms with Crippen molar-refractivity contribution in [2.45, 2.75) is 56.6 Å². The molecule has 3 heterocycles. The van der Waals surface area contributed by atoms with Crippen LogP contribution in [0.1, 0.15) is 44.9 Å². The molecule has 3 rings (SSSR count). The maximum absolute atomic E-state index is 12.5. The van der Waals surface area contributed by atoms with Gasteiger partial charge in [0, 0.05) is 25.9 Å². The molecule has 116 valence electrons. The molecule has 2 atom stereocenters. The second-order valence-corrected chi connectivity index (χ2v) is 6.43. The van der Waals surface area contributed by atoms with Crippen LogP contribution in [0.5, 0.6) is 0 Å². The molecule has 3 aliphatic heterocycles. The fraction of sp³-hybridized carbons (Fsp3) is 0.800. The number of hydrogen-bond donors (Lipinski definition) is 1. The van der Waals surface area contributed by atoms with Gasteiger partial charge in [-0.15, -0.1) is 0 Å². The van der Waals surface area contributed by atoms with Crippen LogP contribution in [0.4, 0.5) is 0 Å². The first kappa shape index (κ1) is 14.5. The monoisotopic (exact) mass is 294 g/mol. The zero-order valence-corrected chi connectivity index (χ0v) is 12.2. The van der Waals surface area contributed by atoms with Crippen LogP contribution in [0.15, 0.2) is 0 Å². The lowest BCUT2D eigenvalue weighted by atomic mass is 9.87. The van der Waals surface area contributed by atoms with Crippen LogP contribution >= 0.6 is 0 Å². The quantitative estimate of drug-likeness (QED) is 0.686. The Bertz CT molecular complexity index is 478. The van der Waals surface area contributed by atoms with Gasteiger partial charge in [-0.1, -0.05) is 0 Å². The Labute approximate surface area is 124 Å². The molecule has 2 amide bonds. The van der Waals surface area contributed by atoms with Gasteiger partial charge in [-0.25, -0.2) is 0 Å². The molecule has 0 aromatic rings. The van der Waals surface area contributed by atoms with Crippen molar-refractivity contribution in [3.63, 3.8) is 0 Å². The summed E-state index contributed by atoms with van der Waals surface area (Å²) in [6.07, 6.45) is 3.88. The Morgan fingerprint density at radius 1 is 1.05 bits per heavy atom. The summed E-state index contributed by atoms with van der Waals surface area (Å²) < 4.78 is 0. The molecule has 3 aliphatic rings. The minimum absolute atomic E-state index is 0.0302. The van der Waals surface area contributed by atoms with Gasteiger partial charge < -0.3 is 14.9 Å². The van der Waals surface area contributed by atoms with Crippen molar-refractivity contribution in [1.29, 1.82) is 0 Å². The zero-order valence-electron chi connectivity index (χ0n) is 12.2. The third-order valence-electron chi connectivity index (χ3n) is 4.92. The lowest BCUT2D eigenvalue weighted by molar-refractivity contribution is -0.166. The highest BCUT2D eigenvalue weighted by molar-refractivity contribution is 5.92. The molecule has 3 fully saturated rings. The van der Waals surface area contributed by atoms with E-state index in [1.165, 1.54) is 4.90 Å². The van der Waals surface area contributed by atoms with E-state index in [-0.39, 0.29) is 24.1 Å². The van der Waals surface area contributed by atoms with Gasteiger partial charge in [0.1, 0.15) is 0 Å². The Hall–Kier alpha value is -1.43. The number of aliphatic hydroxyl groups is 1. The smallest absolute Gasteiger partial charge is 0.256 e. The number of ketones is 1. The minimum Gasteiger partial charge on any atom is -0.378 e. The van der Waals surface area contributed by atoms with Gasteiger partial charge in [0.15, 0.2) is 11.4 Å². The highest BCUT2D eigenvalue weighted by Gasteiger charge is 2.47. The van der Waals surface area contributed by atoms with Crippen molar-refractivity contribution in [2.75, 3.05) is 19.6 Å². The Kier molecular flexibility index (Phi) is 3.73. The van der Waals surface area contributed by atoms with Gasteiger partial charge in [0.2, 0.25) is 5.91 Å². The molecule has 1 unspecified atom stereocenters. The van der Waals surface area contributed by atoms with Crippen molar-refractivity contribution < 1.29 is 19.5 Å². The molecule has 0 radical (unpaired) electrons. The van der Waals surface area contributed by atoms with E-state index in [0.717, 1.165) is 6.42 Å². The molecule has 21 heavy (non-hydrogen) atoms. The van der Waals surface area contributed by atoms with E-state index in [1.54, 1.807) is 4.90 Å². The molecule has 6 nitrogen and oxygen atoms in total. The largest absolute Gasteiger partial charge is 0.378 e. The highest BCUT2D eigenvalue weighted by atomic mass is 16.3. The van der Waals surface area contributed by atoms with Crippen LogP contribution < -0.4 is 0 Å². The van der Waals surface area contributed by atoms with Gasteiger partial charge in [-0.05, 0) is 32.1 Å². The average Bonchev–Trinajstić information content (AvgIpc) is 2.45. The van der Waals surface area contributed by atoms with E-state index in [1.807, 2.05) is 0 Å². The predicted octanol–water partition coefficient (Wildman–Crippen LogP) is 0.0839. The Morgan fingerprint density at radius 2 is 1.81 bits per heavy atom. The van der Waals surface area contributed by atoms with Gasteiger partial charge in [0.05, 0.1) is 12.6 Å². The molecule has 0 saturated carbocycles. The predicted molar refractivity (Wildman–Crippen MR) is 74.4 cm³/mol. The van der Waals surface area contributed by atoms with E-state index in [0.29, 0.717) is 51.6 Å². The molecule has 1 N–H and O–H groups in total. The van der Waals surface area contributed by atoms with E-state index < -0.39 is 11.6 Å². The zero-order chi connectivity index (χ0) is 15.0. The SMILES string of the molecule is O=C1CCCN2CCC[C@](O)(CN3C(=O)CCCC13)C2=O. The third-order valence-corrected chi connectivity index (χ3v) is 4.92. The number of amides is 2. The van der Waals surface area contributed by atoms with Crippen molar-refractivity contribution in [3.05, 3.63) is 0 Å². The number of carbonyl (C=O) groups is 3. The number of nitrogens with zero attached hydrogens (tertiary/aromatic N) is 2. The van der Waals surface area contributed by atoms with Crippen LogP contribution in [0.3, 0.4) is 0 Å². The summed E-state index contributed by atoms with van der Waals surface area (Å²) in [5.41, 5.74) is -1.51. The fourth-order valence-electron chi connectivity index (χ4n) is 3.77. The summed E-state index contributed by atoms with van der Waals surface area (Å²) in [6.45, 7) is 1.12. The second kappa shape index (κ2) is 5.40. The minimum atomic E-state index is -1.51. The molecule has 6 heteroatoms. The van der Waals surface area contributed by atoms with Crippen LogP contribution in [-0.4, -0.2) is 63.8 Å². The van der Waals surface area contributed by atoms with Crippen LogP contribution in [0.2, 0.25) is 0 Å². The van der Waals surface area contributed by atoms with Crippen molar-refractivity contribution in [3.8, 4) is 0 Å². The van der Waals surface area contributed by atoms with Crippen molar-refractivity contribution >= 4 is 17.6 Å². The summed E-state index contributed by atoms with van der Waals surface area (Å²) in [6, 6.07) is -0.448. The number of fused-ring (bicyclic) bond motifs is 3. The molecule has 2 bridgehead atoms. The standard InChI is InChI=1S/C15H22N2O4/c18-12-5-2-8-16-9-3-7-15(21,14(16)20)10-17-11(12)4-1-6-13(17)19/h11,21H,1-10H2/t11?,15-/m0/s1. The number of carbonyl (C=O) groups excluding carboxylic acids is 3. The van der Waals surface area contributed by atoms with Crippen LogP contribution in [0.25, 0.3) is 0 Å². The van der Waals surface area contributed by atoms with Crippen molar-refractivity contribution in [2.24, 2.45) is 0 Å². The summed E-state index contributed by atoms with van der Waals surface area (Å²) >= 11 is 0. The first-order valence-corrected chi connectivity index (χ1v) is 7.85. The lowest BCUT2D eigenvalue weighted by Crippen LogP contribution is -2.62. The van der Waals surface area contributed by atoms with Gasteiger partial charge >= 0.3 is 0 Å². The van der Waals surface area contributed by atoms with E-state index >= 15 is 0 Å². The third kappa shape index (κ3) is 2.57. The summed E-state index contributed by atoms with van der Waals surface area (Å²) in [5, 5.41) is 10.7. The highest BCUT2D eigenvalue weighted by Crippen LogP contribution is 2.29. The van der Waals surface area contributed by atoms with Crippen LogP contribution in [0, 0.1) is 0 Å². The van der Waals surface area contributed by atoms with Crippen LogP contribution in [-0.2, 0) is 14.4 Å². The summed E-state index contributed by atoms with van der Waals surface area (Å²) in [5.74, 6) is -0.320. The normalized spacial score (nSPS) is 34.7. The molecule has 0 aromatic carbocycles. The summed E-state index contributed by atoms with van der Waals surface area (Å²) in [7, 11) is 0. The number of rotatable bonds is 0. The number of hydrogen-bond acceptors (Lipinski definition) is 4. The Balaban J connectivity index is 1.92. The van der Waals surface area contributed by atoms with Crippen molar-refractivity contribution in [1.82, 2.24) is 9.80 Å². The molecular formula is C15H22N2O4. The molecule has 0 spiro atoms. The first-order valence-electron chi connectivity index (χ1n) is 7.85. The second-order valence-electron chi connectivity index (χ2n) is 6.43. The average molecular weight is 294 g/mol. The lowest BCUT2D eigenvalue weighted by Gasteiger charge is -2.44. The maximum Gasteiger partial charge on any atom is 0.256 e. The molecule has 0 aromatic heterocycles. The van der Waals surface area contributed by atoms with Gasteiger partial charge in [-0.2, -0.15) is 0 Å². The maximum atomic E-state index is 12.5. The van der Waals surface area contributed by atoms with Gasteiger partial charge in [-0.3, -0.25) is 14.4 Å². The molecule has 0 aliphatic carbocycles. The van der Waals surface area contributed by atoms with E-state index in [9.17, 15) is 19.5 Å².